The molecule has 1 atom stereocenters. The predicted octanol–water partition coefficient (Wildman–Crippen LogP) is 5.35. The highest BCUT2D eigenvalue weighted by atomic mass is 16.3. The molecular weight excluding hydrogens is 260 g/mol. The van der Waals surface area contributed by atoms with Gasteiger partial charge in [0.25, 0.3) is 0 Å². The fourth-order valence-corrected chi connectivity index (χ4v) is 3.59. The Morgan fingerprint density at radius 1 is 0.762 bits per heavy atom. The minimum atomic E-state index is -0.766. The van der Waals surface area contributed by atoms with E-state index < -0.39 is 11.7 Å². The van der Waals surface area contributed by atoms with Crippen LogP contribution in [0.2, 0.25) is 0 Å². The first-order valence-electron chi connectivity index (χ1n) is 9.59. The Morgan fingerprint density at radius 3 is 1.76 bits per heavy atom. The molecule has 0 aromatic heterocycles. The zero-order valence-corrected chi connectivity index (χ0v) is 14.3. The SMILES string of the molecule is CCCCCCCCCCCCC(O)C1(O)CCCCC1. The molecule has 0 amide bonds. The van der Waals surface area contributed by atoms with Gasteiger partial charge in [0, 0.05) is 0 Å². The van der Waals surface area contributed by atoms with Crippen LogP contribution in [0, 0.1) is 0 Å². The first-order valence-corrected chi connectivity index (χ1v) is 9.59. The third kappa shape index (κ3) is 8.21. The van der Waals surface area contributed by atoms with Gasteiger partial charge in [0.2, 0.25) is 0 Å². The second-order valence-corrected chi connectivity index (χ2v) is 7.15. The van der Waals surface area contributed by atoms with Gasteiger partial charge in [0.05, 0.1) is 11.7 Å². The molecule has 1 unspecified atom stereocenters. The zero-order valence-electron chi connectivity index (χ0n) is 14.3. The summed E-state index contributed by atoms with van der Waals surface area (Å²) in [5.41, 5.74) is -0.766. The van der Waals surface area contributed by atoms with Gasteiger partial charge >= 0.3 is 0 Å². The number of hydrogen-bond acceptors (Lipinski definition) is 2. The van der Waals surface area contributed by atoms with Crippen LogP contribution >= 0.6 is 0 Å². The van der Waals surface area contributed by atoms with Crippen LogP contribution in [-0.2, 0) is 0 Å². The van der Waals surface area contributed by atoms with Gasteiger partial charge in [-0.2, -0.15) is 0 Å². The van der Waals surface area contributed by atoms with Crippen molar-refractivity contribution in [2.45, 2.75) is 121 Å². The molecule has 0 heterocycles. The number of rotatable bonds is 12. The second kappa shape index (κ2) is 11.5. The molecule has 1 fully saturated rings. The van der Waals surface area contributed by atoms with Crippen LogP contribution in [0.25, 0.3) is 0 Å². The average Bonchev–Trinajstić information content (AvgIpc) is 2.49. The molecule has 0 aromatic carbocycles. The molecule has 126 valence electrons. The highest BCUT2D eigenvalue weighted by Crippen LogP contribution is 2.32. The van der Waals surface area contributed by atoms with Crippen LogP contribution < -0.4 is 0 Å². The highest BCUT2D eigenvalue weighted by Gasteiger charge is 2.36. The Labute approximate surface area is 132 Å². The summed E-state index contributed by atoms with van der Waals surface area (Å²) in [5.74, 6) is 0. The summed E-state index contributed by atoms with van der Waals surface area (Å²) < 4.78 is 0. The molecule has 1 rings (SSSR count). The van der Waals surface area contributed by atoms with Crippen molar-refractivity contribution in [3.05, 3.63) is 0 Å². The lowest BCUT2D eigenvalue weighted by Gasteiger charge is -2.36. The van der Waals surface area contributed by atoms with Crippen molar-refractivity contribution in [1.29, 1.82) is 0 Å². The molecule has 0 radical (unpaired) electrons. The van der Waals surface area contributed by atoms with Gasteiger partial charge < -0.3 is 10.2 Å². The van der Waals surface area contributed by atoms with Crippen molar-refractivity contribution in [2.75, 3.05) is 0 Å². The Kier molecular flexibility index (Phi) is 10.4. The Balaban J connectivity index is 1.91. The molecule has 0 bridgehead atoms. The molecule has 1 aliphatic carbocycles. The maximum atomic E-state index is 10.4. The molecular formula is C19H38O2. The van der Waals surface area contributed by atoms with Gasteiger partial charge in [0.15, 0.2) is 0 Å². The number of aliphatic hydroxyl groups excluding tert-OH is 1. The van der Waals surface area contributed by atoms with Crippen molar-refractivity contribution in [2.24, 2.45) is 0 Å². The van der Waals surface area contributed by atoms with E-state index in [0.717, 1.165) is 38.5 Å². The monoisotopic (exact) mass is 298 g/mol. The Bertz CT molecular complexity index is 234. The van der Waals surface area contributed by atoms with Crippen LogP contribution in [0.4, 0.5) is 0 Å². The van der Waals surface area contributed by atoms with E-state index in [4.69, 9.17) is 0 Å². The third-order valence-corrected chi connectivity index (χ3v) is 5.17. The van der Waals surface area contributed by atoms with Gasteiger partial charge in [-0.1, -0.05) is 90.4 Å². The summed E-state index contributed by atoms with van der Waals surface area (Å²) in [6.45, 7) is 2.26. The predicted molar refractivity (Wildman–Crippen MR) is 90.5 cm³/mol. The van der Waals surface area contributed by atoms with Gasteiger partial charge in [-0.25, -0.2) is 0 Å². The first kappa shape index (κ1) is 19.0. The van der Waals surface area contributed by atoms with Crippen LogP contribution in [0.3, 0.4) is 0 Å². The molecule has 1 aliphatic rings. The number of aliphatic hydroxyl groups is 2. The lowest BCUT2D eigenvalue weighted by atomic mass is 9.79. The van der Waals surface area contributed by atoms with E-state index in [1.54, 1.807) is 0 Å². The molecule has 0 aliphatic heterocycles. The van der Waals surface area contributed by atoms with Crippen LogP contribution in [0.1, 0.15) is 110 Å². The van der Waals surface area contributed by atoms with E-state index in [0.29, 0.717) is 0 Å². The molecule has 0 aromatic rings. The summed E-state index contributed by atoms with van der Waals surface area (Å²) in [7, 11) is 0. The fourth-order valence-electron chi connectivity index (χ4n) is 3.59. The van der Waals surface area contributed by atoms with E-state index in [1.807, 2.05) is 0 Å². The van der Waals surface area contributed by atoms with Crippen molar-refractivity contribution >= 4 is 0 Å². The number of unbranched alkanes of at least 4 members (excludes halogenated alkanes) is 9. The second-order valence-electron chi connectivity index (χ2n) is 7.15. The summed E-state index contributed by atoms with van der Waals surface area (Å²) in [4.78, 5) is 0. The summed E-state index contributed by atoms with van der Waals surface area (Å²) in [5, 5.41) is 20.6. The molecule has 2 nitrogen and oxygen atoms in total. The average molecular weight is 299 g/mol. The van der Waals surface area contributed by atoms with E-state index >= 15 is 0 Å². The van der Waals surface area contributed by atoms with Crippen molar-refractivity contribution in [3.8, 4) is 0 Å². The lowest BCUT2D eigenvalue weighted by Crippen LogP contribution is -2.43. The van der Waals surface area contributed by atoms with E-state index in [9.17, 15) is 10.2 Å². The maximum absolute atomic E-state index is 10.4. The fraction of sp³-hybridized carbons (Fsp3) is 1.00. The van der Waals surface area contributed by atoms with Gasteiger partial charge in [-0.15, -0.1) is 0 Å². The van der Waals surface area contributed by atoms with Crippen molar-refractivity contribution < 1.29 is 10.2 Å². The van der Waals surface area contributed by atoms with Gasteiger partial charge in [-0.05, 0) is 19.3 Å². The third-order valence-electron chi connectivity index (χ3n) is 5.17. The molecule has 21 heavy (non-hydrogen) atoms. The van der Waals surface area contributed by atoms with Crippen LogP contribution in [-0.4, -0.2) is 21.9 Å². The number of hydrogen-bond donors (Lipinski definition) is 2. The minimum Gasteiger partial charge on any atom is -0.390 e. The maximum Gasteiger partial charge on any atom is 0.0905 e. The smallest absolute Gasteiger partial charge is 0.0905 e. The van der Waals surface area contributed by atoms with E-state index in [-0.39, 0.29) is 0 Å². The summed E-state index contributed by atoms with van der Waals surface area (Å²) in [6, 6.07) is 0. The Hall–Kier alpha value is -0.0800. The van der Waals surface area contributed by atoms with Crippen molar-refractivity contribution in [3.63, 3.8) is 0 Å². The molecule has 2 heteroatoms. The molecule has 0 saturated heterocycles. The topological polar surface area (TPSA) is 40.5 Å². The normalized spacial score (nSPS) is 19.6. The minimum absolute atomic E-state index is 0.494. The van der Waals surface area contributed by atoms with Crippen molar-refractivity contribution in [1.82, 2.24) is 0 Å². The summed E-state index contributed by atoms with van der Waals surface area (Å²) >= 11 is 0. The van der Waals surface area contributed by atoms with Crippen LogP contribution in [0.5, 0.6) is 0 Å². The van der Waals surface area contributed by atoms with E-state index in [1.165, 1.54) is 64.2 Å². The summed E-state index contributed by atoms with van der Waals surface area (Å²) in [6.07, 6.45) is 18.4. The molecule has 1 saturated carbocycles. The largest absolute Gasteiger partial charge is 0.390 e. The van der Waals surface area contributed by atoms with E-state index in [2.05, 4.69) is 6.92 Å². The van der Waals surface area contributed by atoms with Gasteiger partial charge in [0.1, 0.15) is 0 Å². The first-order chi connectivity index (χ1) is 10.2. The standard InChI is InChI=1S/C19H38O2/c1-2-3-4-5-6-7-8-9-10-12-15-18(20)19(21)16-13-11-14-17-19/h18,20-21H,2-17H2,1H3. The molecule has 0 spiro atoms. The quantitative estimate of drug-likeness (QED) is 0.477. The Morgan fingerprint density at radius 2 is 1.24 bits per heavy atom. The van der Waals surface area contributed by atoms with Crippen LogP contribution in [0.15, 0.2) is 0 Å². The highest BCUT2D eigenvalue weighted by molar-refractivity contribution is 4.88. The lowest BCUT2D eigenvalue weighted by molar-refractivity contribution is -0.100. The zero-order chi connectivity index (χ0) is 15.4. The van der Waals surface area contributed by atoms with Gasteiger partial charge in [-0.3, -0.25) is 0 Å². The molecule has 2 N–H and O–H groups in total.